The maximum Gasteiger partial charge on any atom is 0.324 e. The molecule has 1 fully saturated rings. The van der Waals surface area contributed by atoms with Gasteiger partial charge in [0.15, 0.2) is 0 Å². The number of carboxylic acid groups (broad SMARTS) is 1. The molecule has 1 aliphatic heterocycles. The van der Waals surface area contributed by atoms with Gasteiger partial charge in [0, 0.05) is 28.7 Å². The minimum Gasteiger partial charge on any atom is -0.480 e. The Labute approximate surface area is 228 Å². The van der Waals surface area contributed by atoms with Crippen LogP contribution in [-0.2, 0) is 26.1 Å². The Morgan fingerprint density at radius 1 is 1.05 bits per heavy atom. The summed E-state index contributed by atoms with van der Waals surface area (Å²) in [6, 6.07) is 14.1. The van der Waals surface area contributed by atoms with E-state index in [4.69, 9.17) is 32.5 Å². The van der Waals surface area contributed by atoms with Crippen molar-refractivity contribution in [3.63, 3.8) is 0 Å². The first-order valence-corrected chi connectivity index (χ1v) is 13.8. The molecule has 2 heterocycles. The van der Waals surface area contributed by atoms with Crippen LogP contribution in [0.25, 0.3) is 22.2 Å². The molecule has 0 unspecified atom stereocenters. The molecule has 1 N–H and O–H groups in total. The first-order valence-electron chi connectivity index (χ1n) is 11.6. The normalized spacial score (nSPS) is 14.6. The van der Waals surface area contributed by atoms with Gasteiger partial charge in [-0.1, -0.05) is 52.6 Å². The second-order valence-corrected chi connectivity index (χ2v) is 11.4. The number of anilines is 1. The van der Waals surface area contributed by atoms with Crippen LogP contribution >= 0.6 is 23.2 Å². The highest BCUT2D eigenvalue weighted by molar-refractivity contribution is 7.92. The van der Waals surface area contributed by atoms with Crippen LogP contribution in [0, 0.1) is 0 Å². The summed E-state index contributed by atoms with van der Waals surface area (Å²) in [5.74, 6) is -0.445. The van der Waals surface area contributed by atoms with E-state index in [2.05, 4.69) is 15.0 Å². The zero-order valence-corrected chi connectivity index (χ0v) is 22.2. The highest BCUT2D eigenvalue weighted by Crippen LogP contribution is 2.33. The number of halogens is 2. The number of ether oxygens (including phenoxy) is 1. The molecule has 0 spiro atoms. The van der Waals surface area contributed by atoms with Crippen molar-refractivity contribution in [3.05, 3.63) is 70.5 Å². The molecule has 0 aliphatic carbocycles. The average molecular weight is 577 g/mol. The fourth-order valence-electron chi connectivity index (χ4n) is 4.24. The number of rotatable bonds is 8. The van der Waals surface area contributed by atoms with E-state index in [1.807, 2.05) is 6.07 Å². The number of hydrogen-bond acceptors (Lipinski definition) is 8. The van der Waals surface area contributed by atoms with Crippen molar-refractivity contribution in [1.29, 1.82) is 0 Å². The summed E-state index contributed by atoms with van der Waals surface area (Å²) in [6.45, 7) is 2.60. The van der Waals surface area contributed by atoms with Crippen molar-refractivity contribution in [2.24, 2.45) is 0 Å². The van der Waals surface area contributed by atoms with Gasteiger partial charge in [-0.15, -0.1) is 0 Å². The molecule has 5 rings (SSSR count). The molecule has 4 aromatic rings. The van der Waals surface area contributed by atoms with E-state index < -0.39 is 22.5 Å². The fourth-order valence-corrected chi connectivity index (χ4v) is 6.38. The van der Waals surface area contributed by atoms with E-state index in [1.165, 1.54) is 24.3 Å². The molecule has 10 nitrogen and oxygen atoms in total. The maximum atomic E-state index is 13.5. The third kappa shape index (κ3) is 5.62. The molecule has 1 aromatic heterocycles. The molecule has 0 amide bonds. The predicted molar refractivity (Wildman–Crippen MR) is 142 cm³/mol. The minimum absolute atomic E-state index is 0.114. The van der Waals surface area contributed by atoms with Gasteiger partial charge in [0.05, 0.1) is 30.3 Å². The lowest BCUT2D eigenvalue weighted by atomic mass is 10.0. The quantitative estimate of drug-likeness (QED) is 0.326. The van der Waals surface area contributed by atoms with Crippen LogP contribution < -0.4 is 4.31 Å². The summed E-state index contributed by atoms with van der Waals surface area (Å²) >= 11 is 12.0. The van der Waals surface area contributed by atoms with Gasteiger partial charge in [-0.2, -0.15) is 4.98 Å². The SMILES string of the molecule is O=C(O)CN(c1ccc2c(-c3noc(CN4CCOCC4)n3)cccc2c1)S(=O)(=O)c1cc(Cl)cc(Cl)c1. The number of benzene rings is 3. The van der Waals surface area contributed by atoms with E-state index in [-0.39, 0.29) is 20.6 Å². The number of aromatic nitrogens is 2. The van der Waals surface area contributed by atoms with Gasteiger partial charge in [-0.05, 0) is 41.1 Å². The number of carboxylic acids is 1. The second kappa shape index (κ2) is 10.9. The topological polar surface area (TPSA) is 126 Å². The molecule has 0 atom stereocenters. The molecule has 0 saturated carbocycles. The lowest BCUT2D eigenvalue weighted by Crippen LogP contribution is -2.35. The van der Waals surface area contributed by atoms with Crippen molar-refractivity contribution in [2.45, 2.75) is 11.4 Å². The lowest BCUT2D eigenvalue weighted by molar-refractivity contribution is -0.135. The van der Waals surface area contributed by atoms with Crippen molar-refractivity contribution < 1.29 is 27.6 Å². The van der Waals surface area contributed by atoms with Gasteiger partial charge < -0.3 is 14.4 Å². The number of sulfonamides is 1. The Hall–Kier alpha value is -3.22. The van der Waals surface area contributed by atoms with E-state index in [0.29, 0.717) is 42.4 Å². The van der Waals surface area contributed by atoms with Crippen molar-refractivity contribution >= 4 is 55.7 Å². The zero-order chi connectivity index (χ0) is 26.9. The van der Waals surface area contributed by atoms with Crippen LogP contribution in [0.5, 0.6) is 0 Å². The molecule has 198 valence electrons. The molecule has 1 aliphatic rings. The van der Waals surface area contributed by atoms with E-state index in [9.17, 15) is 18.3 Å². The number of morpholine rings is 1. The van der Waals surface area contributed by atoms with Crippen LogP contribution in [0.3, 0.4) is 0 Å². The Morgan fingerprint density at radius 3 is 2.50 bits per heavy atom. The summed E-state index contributed by atoms with van der Waals surface area (Å²) in [5, 5.41) is 15.3. The summed E-state index contributed by atoms with van der Waals surface area (Å²) in [6.07, 6.45) is 0. The third-order valence-electron chi connectivity index (χ3n) is 6.03. The molecule has 38 heavy (non-hydrogen) atoms. The molecule has 0 radical (unpaired) electrons. The summed E-state index contributed by atoms with van der Waals surface area (Å²) < 4.78 is 38.6. The molecule has 1 saturated heterocycles. The van der Waals surface area contributed by atoms with E-state index >= 15 is 0 Å². The van der Waals surface area contributed by atoms with Gasteiger partial charge in [0.2, 0.25) is 11.7 Å². The summed E-state index contributed by atoms with van der Waals surface area (Å²) in [7, 11) is -4.31. The first-order chi connectivity index (χ1) is 18.2. The van der Waals surface area contributed by atoms with Crippen molar-refractivity contribution in [2.75, 3.05) is 37.2 Å². The fraction of sp³-hybridized carbons (Fsp3) is 0.240. The number of hydrogen-bond donors (Lipinski definition) is 1. The Kier molecular flexibility index (Phi) is 7.55. The molecule has 0 bridgehead atoms. The largest absolute Gasteiger partial charge is 0.480 e. The smallest absolute Gasteiger partial charge is 0.324 e. The van der Waals surface area contributed by atoms with Crippen LogP contribution in [0.15, 0.2) is 64.0 Å². The first kappa shape index (κ1) is 26.4. The Morgan fingerprint density at radius 2 is 1.79 bits per heavy atom. The summed E-state index contributed by atoms with van der Waals surface area (Å²) in [5.41, 5.74) is 0.856. The van der Waals surface area contributed by atoms with Gasteiger partial charge in [-0.3, -0.25) is 14.0 Å². The third-order valence-corrected chi connectivity index (χ3v) is 8.21. The Bertz CT molecular complexity index is 1580. The second-order valence-electron chi connectivity index (χ2n) is 8.62. The molecule has 3 aromatic carbocycles. The van der Waals surface area contributed by atoms with E-state index in [0.717, 1.165) is 22.8 Å². The van der Waals surface area contributed by atoms with Crippen LogP contribution in [0.4, 0.5) is 5.69 Å². The van der Waals surface area contributed by atoms with Crippen LogP contribution in [0.2, 0.25) is 10.0 Å². The van der Waals surface area contributed by atoms with Gasteiger partial charge in [-0.25, -0.2) is 8.42 Å². The summed E-state index contributed by atoms with van der Waals surface area (Å²) in [4.78, 5) is 18.1. The van der Waals surface area contributed by atoms with Gasteiger partial charge in [0.25, 0.3) is 10.0 Å². The molecule has 13 heteroatoms. The highest BCUT2D eigenvalue weighted by atomic mass is 35.5. The molecular formula is C25H22Cl2N4O6S. The monoisotopic (exact) mass is 576 g/mol. The number of carbonyl (C=O) groups is 1. The number of aliphatic carboxylic acids is 1. The van der Waals surface area contributed by atoms with Gasteiger partial charge >= 0.3 is 5.97 Å². The highest BCUT2D eigenvalue weighted by Gasteiger charge is 2.28. The maximum absolute atomic E-state index is 13.5. The van der Waals surface area contributed by atoms with Crippen LogP contribution in [0.1, 0.15) is 5.89 Å². The predicted octanol–water partition coefficient (Wildman–Crippen LogP) is 4.31. The number of fused-ring (bicyclic) bond motifs is 1. The average Bonchev–Trinajstić information content (AvgIpc) is 3.34. The van der Waals surface area contributed by atoms with Gasteiger partial charge in [0.1, 0.15) is 6.54 Å². The van der Waals surface area contributed by atoms with Crippen molar-refractivity contribution in [1.82, 2.24) is 15.0 Å². The van der Waals surface area contributed by atoms with E-state index in [1.54, 1.807) is 24.3 Å². The minimum atomic E-state index is -4.31. The molecular weight excluding hydrogens is 555 g/mol. The zero-order valence-electron chi connectivity index (χ0n) is 19.9. The van der Waals surface area contributed by atoms with Crippen molar-refractivity contribution in [3.8, 4) is 11.4 Å². The lowest BCUT2D eigenvalue weighted by Gasteiger charge is -2.24. The standard InChI is InChI=1S/C25H22Cl2N4O6S/c26-17-11-18(27)13-20(12-17)38(34,35)31(15-24(32)33)19-4-5-21-16(10-19)2-1-3-22(21)25-28-23(37-29-25)14-30-6-8-36-9-7-30/h1-5,10-13H,6-9,14-15H2,(H,32,33). The number of nitrogens with zero attached hydrogens (tertiary/aromatic N) is 4. The Balaban J connectivity index is 1.50. The van der Waals surface area contributed by atoms with Crippen LogP contribution in [-0.4, -0.2) is 67.4 Å².